The number of nitrogens with zero attached hydrogens (tertiary/aromatic N) is 3. The number of amides is 2. The molecule has 8 nitrogen and oxygen atoms in total. The predicted molar refractivity (Wildman–Crippen MR) is 102 cm³/mol. The van der Waals surface area contributed by atoms with Gasteiger partial charge in [0.1, 0.15) is 16.8 Å². The lowest BCUT2D eigenvalue weighted by Gasteiger charge is -2.12. The Morgan fingerprint density at radius 3 is 2.67 bits per heavy atom. The number of benzene rings is 1. The van der Waals surface area contributed by atoms with Crippen molar-refractivity contribution in [2.75, 3.05) is 12.4 Å². The summed E-state index contributed by atoms with van der Waals surface area (Å²) in [7, 11) is 1.59. The third-order valence-electron chi connectivity index (χ3n) is 3.66. The zero-order valence-electron chi connectivity index (χ0n) is 14.7. The van der Waals surface area contributed by atoms with Crippen LogP contribution in [0.2, 0.25) is 0 Å². The topological polar surface area (TPSA) is 106 Å². The Morgan fingerprint density at radius 2 is 1.93 bits per heavy atom. The number of ether oxygens (including phenoxy) is 1. The van der Waals surface area contributed by atoms with Crippen molar-refractivity contribution in [2.45, 2.75) is 13.0 Å². The van der Waals surface area contributed by atoms with Gasteiger partial charge < -0.3 is 10.1 Å². The number of carbonyl (C=O) groups excluding carboxylic acids is 2. The van der Waals surface area contributed by atoms with Crippen LogP contribution in [0.25, 0.3) is 10.6 Å². The van der Waals surface area contributed by atoms with Crippen molar-refractivity contribution in [1.29, 1.82) is 0 Å². The fourth-order valence-electron chi connectivity index (χ4n) is 2.21. The molecule has 3 aromatic rings. The van der Waals surface area contributed by atoms with E-state index in [1.165, 1.54) is 23.7 Å². The first-order valence-electron chi connectivity index (χ1n) is 8.06. The van der Waals surface area contributed by atoms with Gasteiger partial charge in [0.15, 0.2) is 0 Å². The van der Waals surface area contributed by atoms with E-state index in [0.717, 1.165) is 5.56 Å². The summed E-state index contributed by atoms with van der Waals surface area (Å²) < 4.78 is 5.20. The molecule has 0 aliphatic carbocycles. The highest BCUT2D eigenvalue weighted by atomic mass is 32.1. The molecule has 2 heterocycles. The number of anilines is 1. The smallest absolute Gasteiger partial charge is 0.252 e. The molecule has 0 aliphatic heterocycles. The number of nitrogens with one attached hydrogen (secondary N) is 2. The van der Waals surface area contributed by atoms with E-state index in [1.54, 1.807) is 26.2 Å². The summed E-state index contributed by atoms with van der Waals surface area (Å²) in [6, 6.07) is 9.81. The molecule has 1 atom stereocenters. The standard InChI is InChI=1S/C18H17N5O3S/c1-11(20-16(25)12-6-8-19-9-7-12)15(24)21-18-23-22-17(27-18)13-4-3-5-14(10-13)26-2/h3-11H,1-2H3,(H,20,25)(H,21,23,24). The largest absolute Gasteiger partial charge is 0.497 e. The molecule has 1 unspecified atom stereocenters. The van der Waals surface area contributed by atoms with E-state index in [9.17, 15) is 9.59 Å². The quantitative estimate of drug-likeness (QED) is 0.677. The van der Waals surface area contributed by atoms with Crippen molar-refractivity contribution in [2.24, 2.45) is 0 Å². The summed E-state index contributed by atoms with van der Waals surface area (Å²) in [6.07, 6.45) is 3.03. The number of hydrogen-bond donors (Lipinski definition) is 2. The number of aromatic nitrogens is 3. The number of methoxy groups -OCH3 is 1. The number of pyridine rings is 1. The van der Waals surface area contributed by atoms with Crippen LogP contribution < -0.4 is 15.4 Å². The van der Waals surface area contributed by atoms with Crippen molar-refractivity contribution >= 4 is 28.3 Å². The van der Waals surface area contributed by atoms with Crippen molar-refractivity contribution in [1.82, 2.24) is 20.5 Å². The second-order valence-electron chi connectivity index (χ2n) is 5.56. The van der Waals surface area contributed by atoms with Gasteiger partial charge in [0.25, 0.3) is 5.91 Å². The minimum atomic E-state index is -0.741. The van der Waals surface area contributed by atoms with Gasteiger partial charge >= 0.3 is 0 Å². The molecule has 9 heteroatoms. The fraction of sp³-hybridized carbons (Fsp3) is 0.167. The molecule has 2 aromatic heterocycles. The van der Waals surface area contributed by atoms with Gasteiger partial charge in [0.2, 0.25) is 11.0 Å². The van der Waals surface area contributed by atoms with Gasteiger partial charge in [-0.3, -0.25) is 19.9 Å². The minimum Gasteiger partial charge on any atom is -0.497 e. The molecule has 1 aromatic carbocycles. The summed E-state index contributed by atoms with van der Waals surface area (Å²) in [5, 5.41) is 14.4. The zero-order chi connectivity index (χ0) is 19.2. The maximum atomic E-state index is 12.3. The summed E-state index contributed by atoms with van der Waals surface area (Å²) >= 11 is 1.24. The molecular weight excluding hydrogens is 366 g/mol. The van der Waals surface area contributed by atoms with E-state index >= 15 is 0 Å². The van der Waals surface area contributed by atoms with Gasteiger partial charge in [0.05, 0.1) is 7.11 Å². The Bertz CT molecular complexity index is 945. The van der Waals surface area contributed by atoms with Gasteiger partial charge in [-0.2, -0.15) is 0 Å². The Kier molecular flexibility index (Phi) is 5.72. The third-order valence-corrected chi connectivity index (χ3v) is 4.54. The second kappa shape index (κ2) is 8.37. The molecule has 27 heavy (non-hydrogen) atoms. The van der Waals surface area contributed by atoms with Crippen LogP contribution in [0.4, 0.5) is 5.13 Å². The summed E-state index contributed by atoms with van der Waals surface area (Å²) in [5.41, 5.74) is 1.27. The highest BCUT2D eigenvalue weighted by Gasteiger charge is 2.18. The molecule has 2 amide bonds. The van der Waals surface area contributed by atoms with Crippen LogP contribution in [0.1, 0.15) is 17.3 Å². The monoisotopic (exact) mass is 383 g/mol. The number of rotatable bonds is 6. The maximum Gasteiger partial charge on any atom is 0.252 e. The lowest BCUT2D eigenvalue weighted by molar-refractivity contribution is -0.117. The van der Waals surface area contributed by atoms with Gasteiger partial charge in [-0.1, -0.05) is 23.5 Å². The molecule has 0 spiro atoms. The SMILES string of the molecule is COc1cccc(-c2nnc(NC(=O)C(C)NC(=O)c3ccncc3)s2)c1. The van der Waals surface area contributed by atoms with E-state index in [2.05, 4.69) is 25.8 Å². The normalized spacial score (nSPS) is 11.5. The lowest BCUT2D eigenvalue weighted by atomic mass is 10.2. The van der Waals surface area contributed by atoms with E-state index in [-0.39, 0.29) is 11.8 Å². The van der Waals surface area contributed by atoms with Crippen LogP contribution in [0, 0.1) is 0 Å². The second-order valence-corrected chi connectivity index (χ2v) is 6.54. The fourth-order valence-corrected chi connectivity index (χ4v) is 2.95. The molecule has 0 bridgehead atoms. The van der Waals surface area contributed by atoms with E-state index in [1.807, 2.05) is 24.3 Å². The summed E-state index contributed by atoms with van der Waals surface area (Å²) in [4.78, 5) is 28.3. The molecule has 0 saturated heterocycles. The average Bonchev–Trinajstić information content (AvgIpc) is 3.17. The van der Waals surface area contributed by atoms with Crippen LogP contribution >= 0.6 is 11.3 Å². The van der Waals surface area contributed by atoms with Crippen LogP contribution in [0.5, 0.6) is 5.75 Å². The Balaban J connectivity index is 1.62. The first-order valence-corrected chi connectivity index (χ1v) is 8.88. The van der Waals surface area contributed by atoms with Gasteiger partial charge in [-0.05, 0) is 31.2 Å². The highest BCUT2D eigenvalue weighted by molar-refractivity contribution is 7.18. The Hall–Kier alpha value is -3.33. The van der Waals surface area contributed by atoms with Gasteiger partial charge in [0, 0.05) is 23.5 Å². The van der Waals surface area contributed by atoms with Gasteiger partial charge in [-0.15, -0.1) is 10.2 Å². The Labute approximate surface area is 159 Å². The molecule has 3 rings (SSSR count). The van der Waals surface area contributed by atoms with Crippen LogP contribution in [-0.4, -0.2) is 40.1 Å². The highest BCUT2D eigenvalue weighted by Crippen LogP contribution is 2.28. The maximum absolute atomic E-state index is 12.3. The van der Waals surface area contributed by atoms with E-state index in [0.29, 0.717) is 21.5 Å². The van der Waals surface area contributed by atoms with Gasteiger partial charge in [-0.25, -0.2) is 0 Å². The molecular formula is C18H17N5O3S. The first-order chi connectivity index (χ1) is 13.1. The number of carbonyl (C=O) groups is 2. The minimum absolute atomic E-state index is 0.350. The number of hydrogen-bond acceptors (Lipinski definition) is 7. The summed E-state index contributed by atoms with van der Waals surface area (Å²) in [6.45, 7) is 1.60. The molecule has 0 aliphatic rings. The van der Waals surface area contributed by atoms with E-state index in [4.69, 9.17) is 4.74 Å². The molecule has 0 fully saturated rings. The van der Waals surface area contributed by atoms with Crippen molar-refractivity contribution < 1.29 is 14.3 Å². The molecule has 0 radical (unpaired) electrons. The third kappa shape index (κ3) is 4.64. The summed E-state index contributed by atoms with van der Waals surface area (Å²) in [5.74, 6) is -0.0270. The average molecular weight is 383 g/mol. The first kappa shape index (κ1) is 18.5. The molecule has 0 saturated carbocycles. The van der Waals surface area contributed by atoms with Crippen LogP contribution in [-0.2, 0) is 4.79 Å². The van der Waals surface area contributed by atoms with Crippen molar-refractivity contribution in [3.05, 3.63) is 54.4 Å². The van der Waals surface area contributed by atoms with E-state index < -0.39 is 6.04 Å². The predicted octanol–water partition coefficient (Wildman–Crippen LogP) is 2.37. The van der Waals surface area contributed by atoms with Crippen LogP contribution in [0.15, 0.2) is 48.8 Å². The lowest BCUT2D eigenvalue weighted by Crippen LogP contribution is -2.41. The molecule has 2 N–H and O–H groups in total. The van der Waals surface area contributed by atoms with Crippen molar-refractivity contribution in [3.63, 3.8) is 0 Å². The Morgan fingerprint density at radius 1 is 1.15 bits per heavy atom. The molecule has 138 valence electrons. The van der Waals surface area contributed by atoms with Crippen LogP contribution in [0.3, 0.4) is 0 Å². The van der Waals surface area contributed by atoms with Crippen molar-refractivity contribution in [3.8, 4) is 16.3 Å². The zero-order valence-corrected chi connectivity index (χ0v) is 15.5.